The van der Waals surface area contributed by atoms with Gasteiger partial charge in [0.1, 0.15) is 17.3 Å². The highest BCUT2D eigenvalue weighted by molar-refractivity contribution is 6.09. The largest absolute Gasteiger partial charge is 0.457 e. The van der Waals surface area contributed by atoms with Gasteiger partial charge in [0.25, 0.3) is 0 Å². The van der Waals surface area contributed by atoms with E-state index in [1.807, 2.05) is 12.3 Å². The van der Waals surface area contributed by atoms with Crippen LogP contribution in [0.1, 0.15) is 87.4 Å². The SMILES string of the molecule is CCc1c([C@@H]2C(C)=CCC[C@@H]2C)c(C)nn1-c1cc(Oc2ccc3c4ccccc4n(-c4cc(C)ccn4)c3c2)cc(C(C)C)c1. The molecule has 0 bridgehead atoms. The van der Waals surface area contributed by atoms with Crippen molar-refractivity contribution in [2.45, 2.75) is 79.6 Å². The predicted octanol–water partition coefficient (Wildman–Crippen LogP) is 10.9. The van der Waals surface area contributed by atoms with Crippen molar-refractivity contribution < 1.29 is 4.74 Å². The molecule has 2 atom stereocenters. The number of aromatic nitrogens is 4. The third kappa shape index (κ3) is 5.22. The van der Waals surface area contributed by atoms with Gasteiger partial charge in [0.05, 0.1) is 22.4 Å². The van der Waals surface area contributed by atoms with Crippen molar-refractivity contribution in [3.8, 4) is 23.0 Å². The summed E-state index contributed by atoms with van der Waals surface area (Å²) in [5.41, 5.74) is 11.0. The molecule has 5 nitrogen and oxygen atoms in total. The normalized spacial score (nSPS) is 16.8. The molecule has 0 radical (unpaired) electrons. The third-order valence-electron chi connectivity index (χ3n) is 9.84. The van der Waals surface area contributed by atoms with Gasteiger partial charge in [0.2, 0.25) is 0 Å². The average Bonchev–Trinajstić information content (AvgIpc) is 3.54. The summed E-state index contributed by atoms with van der Waals surface area (Å²) in [6.07, 6.45) is 7.62. The second-order valence-corrected chi connectivity index (χ2v) is 13.4. The smallest absolute Gasteiger partial charge is 0.137 e. The fraction of sp³-hybridized carbons (Fsp3) is 0.317. The first-order valence-electron chi connectivity index (χ1n) is 16.8. The highest BCUT2D eigenvalue weighted by atomic mass is 16.5. The number of hydrogen-bond acceptors (Lipinski definition) is 3. The van der Waals surface area contributed by atoms with Crippen molar-refractivity contribution in [2.75, 3.05) is 0 Å². The molecule has 6 aromatic rings. The minimum atomic E-state index is 0.337. The van der Waals surface area contributed by atoms with E-state index >= 15 is 0 Å². The lowest BCUT2D eigenvalue weighted by atomic mass is 9.75. The molecule has 0 aliphatic heterocycles. The molecular formula is C41H44N4O. The first-order chi connectivity index (χ1) is 22.2. The molecule has 0 unspecified atom stereocenters. The molecule has 0 saturated heterocycles. The average molecular weight is 609 g/mol. The van der Waals surface area contributed by atoms with Gasteiger partial charge in [-0.05, 0) is 105 Å². The number of fused-ring (bicyclic) bond motifs is 3. The molecule has 234 valence electrons. The lowest BCUT2D eigenvalue weighted by Gasteiger charge is -2.29. The monoisotopic (exact) mass is 608 g/mol. The number of ether oxygens (including phenoxy) is 1. The van der Waals surface area contributed by atoms with Crippen LogP contribution in [0.5, 0.6) is 11.5 Å². The van der Waals surface area contributed by atoms with Gasteiger partial charge in [0, 0.05) is 46.3 Å². The molecule has 0 fully saturated rings. The van der Waals surface area contributed by atoms with Crippen LogP contribution in [0.4, 0.5) is 0 Å². The maximum Gasteiger partial charge on any atom is 0.137 e. The van der Waals surface area contributed by atoms with E-state index in [0.29, 0.717) is 17.8 Å². The van der Waals surface area contributed by atoms with E-state index in [2.05, 4.69) is 131 Å². The summed E-state index contributed by atoms with van der Waals surface area (Å²) in [5.74, 6) is 3.87. The quantitative estimate of drug-likeness (QED) is 0.169. The molecule has 5 heteroatoms. The van der Waals surface area contributed by atoms with E-state index < -0.39 is 0 Å². The Bertz CT molecular complexity index is 2110. The van der Waals surface area contributed by atoms with Crippen LogP contribution in [0.25, 0.3) is 33.3 Å². The second-order valence-electron chi connectivity index (χ2n) is 13.4. The minimum Gasteiger partial charge on any atom is -0.457 e. The summed E-state index contributed by atoms with van der Waals surface area (Å²) in [7, 11) is 0. The van der Waals surface area contributed by atoms with Gasteiger partial charge < -0.3 is 4.74 Å². The van der Waals surface area contributed by atoms with Crippen LogP contribution < -0.4 is 4.74 Å². The molecule has 3 aromatic heterocycles. The molecule has 3 aromatic carbocycles. The van der Waals surface area contributed by atoms with E-state index in [1.54, 1.807) is 0 Å². The number of allylic oxidation sites excluding steroid dienone is 2. The zero-order valence-corrected chi connectivity index (χ0v) is 28.1. The number of aryl methyl sites for hydroxylation is 2. The molecule has 0 amide bonds. The van der Waals surface area contributed by atoms with Crippen LogP contribution in [0, 0.1) is 19.8 Å². The predicted molar refractivity (Wildman–Crippen MR) is 190 cm³/mol. The van der Waals surface area contributed by atoms with E-state index in [9.17, 15) is 0 Å². The lowest BCUT2D eigenvalue weighted by molar-refractivity contribution is 0.446. The first-order valence-corrected chi connectivity index (χ1v) is 16.8. The molecule has 1 aliphatic rings. The number of hydrogen-bond donors (Lipinski definition) is 0. The van der Waals surface area contributed by atoms with Crippen molar-refractivity contribution in [3.05, 3.63) is 119 Å². The van der Waals surface area contributed by atoms with Crippen LogP contribution in [0.15, 0.2) is 90.6 Å². The van der Waals surface area contributed by atoms with Gasteiger partial charge in [-0.25, -0.2) is 9.67 Å². The summed E-state index contributed by atoms with van der Waals surface area (Å²) in [4.78, 5) is 4.75. The lowest BCUT2D eigenvalue weighted by Crippen LogP contribution is -2.17. The van der Waals surface area contributed by atoms with Crippen LogP contribution in [0.2, 0.25) is 0 Å². The van der Waals surface area contributed by atoms with Gasteiger partial charge in [-0.1, -0.05) is 57.5 Å². The Balaban J connectivity index is 1.34. The number of benzene rings is 3. The Morgan fingerprint density at radius 3 is 2.46 bits per heavy atom. The van der Waals surface area contributed by atoms with Crippen LogP contribution in [0.3, 0.4) is 0 Å². The van der Waals surface area contributed by atoms with Crippen molar-refractivity contribution in [1.29, 1.82) is 0 Å². The molecule has 0 spiro atoms. The number of pyridine rings is 1. The van der Waals surface area contributed by atoms with Gasteiger partial charge in [-0.2, -0.15) is 5.10 Å². The van der Waals surface area contributed by atoms with E-state index in [-0.39, 0.29) is 0 Å². The zero-order chi connectivity index (χ0) is 32.1. The molecule has 46 heavy (non-hydrogen) atoms. The summed E-state index contributed by atoms with van der Waals surface area (Å²) in [6.45, 7) is 15.7. The molecule has 0 saturated carbocycles. The number of para-hydroxylation sites is 1. The highest BCUT2D eigenvalue weighted by Gasteiger charge is 2.30. The fourth-order valence-corrected chi connectivity index (χ4v) is 7.53. The van der Waals surface area contributed by atoms with Gasteiger partial charge >= 0.3 is 0 Å². The number of rotatable bonds is 7. The maximum absolute atomic E-state index is 6.73. The second kappa shape index (κ2) is 11.9. The Hall–Kier alpha value is -4.64. The van der Waals surface area contributed by atoms with Crippen LogP contribution in [-0.4, -0.2) is 19.3 Å². The van der Waals surface area contributed by atoms with Crippen molar-refractivity contribution in [1.82, 2.24) is 19.3 Å². The van der Waals surface area contributed by atoms with Crippen molar-refractivity contribution >= 4 is 21.8 Å². The third-order valence-corrected chi connectivity index (χ3v) is 9.84. The minimum absolute atomic E-state index is 0.337. The van der Waals surface area contributed by atoms with Gasteiger partial charge in [-0.3, -0.25) is 4.57 Å². The van der Waals surface area contributed by atoms with Crippen LogP contribution in [-0.2, 0) is 6.42 Å². The summed E-state index contributed by atoms with van der Waals surface area (Å²) < 4.78 is 11.2. The Morgan fingerprint density at radius 2 is 1.70 bits per heavy atom. The van der Waals surface area contributed by atoms with Gasteiger partial charge in [-0.15, -0.1) is 0 Å². The number of nitrogens with zero attached hydrogens (tertiary/aromatic N) is 4. The zero-order valence-electron chi connectivity index (χ0n) is 28.1. The van der Waals surface area contributed by atoms with E-state index in [1.165, 1.54) is 51.6 Å². The molecule has 3 heterocycles. The summed E-state index contributed by atoms with van der Waals surface area (Å²) >= 11 is 0. The first kappa shape index (κ1) is 30.0. The van der Waals surface area contributed by atoms with Gasteiger partial charge in [0.15, 0.2) is 0 Å². The molecule has 1 aliphatic carbocycles. The molecular weight excluding hydrogens is 564 g/mol. The van der Waals surface area contributed by atoms with Crippen LogP contribution >= 0.6 is 0 Å². The van der Waals surface area contributed by atoms with Crippen molar-refractivity contribution in [3.63, 3.8) is 0 Å². The Kier molecular flexibility index (Phi) is 7.80. The molecule has 0 N–H and O–H groups in total. The van der Waals surface area contributed by atoms with E-state index in [4.69, 9.17) is 14.8 Å². The maximum atomic E-state index is 6.73. The van der Waals surface area contributed by atoms with Crippen molar-refractivity contribution in [2.24, 2.45) is 5.92 Å². The summed E-state index contributed by atoms with van der Waals surface area (Å²) in [6, 6.07) is 25.7. The molecule has 7 rings (SSSR count). The standard InChI is InChI=1S/C41H44N4O/c1-8-36-41(40-27(5)12-11-13-28(40)6)29(7)43-45(36)31-21-30(25(2)3)22-33(23-31)46-32-16-17-35-34-14-9-10-15-37(34)44(38(35)24-32)39-20-26(4)18-19-42-39/h9-10,12,14-25,28,40H,8,11,13H2,1-7H3/t28-,40+/m0/s1. The Labute approximate surface area is 272 Å². The topological polar surface area (TPSA) is 44.9 Å². The van der Waals surface area contributed by atoms with E-state index in [0.717, 1.165) is 46.2 Å². The Morgan fingerprint density at radius 1 is 0.891 bits per heavy atom. The highest BCUT2D eigenvalue weighted by Crippen LogP contribution is 2.42. The fourth-order valence-electron chi connectivity index (χ4n) is 7.53. The summed E-state index contributed by atoms with van der Waals surface area (Å²) in [5, 5.41) is 7.56.